The van der Waals surface area contributed by atoms with Gasteiger partial charge in [-0.1, -0.05) is 33.6 Å². The van der Waals surface area contributed by atoms with Crippen LogP contribution in [0.25, 0.3) is 0 Å². The maximum absolute atomic E-state index is 8.96. The van der Waals surface area contributed by atoms with Gasteiger partial charge in [-0.15, -0.1) is 0 Å². The molecule has 0 fully saturated rings. The summed E-state index contributed by atoms with van der Waals surface area (Å²) in [6.07, 6.45) is 0. The van der Waals surface area contributed by atoms with Crippen molar-refractivity contribution in [3.8, 4) is 17.6 Å². The average molecular weight is 367 g/mol. The molecule has 0 saturated heterocycles. The van der Waals surface area contributed by atoms with Crippen molar-refractivity contribution in [1.29, 1.82) is 5.26 Å². The number of methoxy groups -OCH3 is 1. The van der Waals surface area contributed by atoms with Crippen LogP contribution in [0.15, 0.2) is 36.4 Å². The standard InChI is InChI=1S/C16H13BrClNO2/c1-20-15-4-3-12(9-19)6-13(15)10-21-16-5-2-11(8-17)7-14(16)18/h2-7H,8,10H2,1H3. The number of nitrogens with zero attached hydrogens (tertiary/aromatic N) is 1. The highest BCUT2D eigenvalue weighted by Crippen LogP contribution is 2.28. The molecule has 0 N–H and O–H groups in total. The van der Waals surface area contributed by atoms with Gasteiger partial charge in [0.25, 0.3) is 0 Å². The van der Waals surface area contributed by atoms with Crippen molar-refractivity contribution in [3.63, 3.8) is 0 Å². The molecule has 0 aliphatic carbocycles. The van der Waals surface area contributed by atoms with E-state index >= 15 is 0 Å². The molecule has 5 heteroatoms. The van der Waals surface area contributed by atoms with Gasteiger partial charge in [-0.3, -0.25) is 0 Å². The third-order valence-corrected chi connectivity index (χ3v) is 3.89. The lowest BCUT2D eigenvalue weighted by molar-refractivity contribution is 0.297. The second-order valence-electron chi connectivity index (χ2n) is 4.33. The fourth-order valence-corrected chi connectivity index (χ4v) is 2.47. The summed E-state index contributed by atoms with van der Waals surface area (Å²) in [5.74, 6) is 1.29. The predicted octanol–water partition coefficient (Wildman–Crippen LogP) is 4.69. The van der Waals surface area contributed by atoms with Crippen molar-refractivity contribution >= 4 is 27.5 Å². The van der Waals surface area contributed by atoms with Gasteiger partial charge >= 0.3 is 0 Å². The molecular formula is C16H13BrClNO2. The number of rotatable bonds is 5. The first-order valence-corrected chi connectivity index (χ1v) is 7.72. The molecule has 3 nitrogen and oxygen atoms in total. The van der Waals surface area contributed by atoms with Crippen molar-refractivity contribution in [1.82, 2.24) is 0 Å². The van der Waals surface area contributed by atoms with E-state index in [1.54, 1.807) is 25.3 Å². The van der Waals surface area contributed by atoms with Gasteiger partial charge in [-0.25, -0.2) is 0 Å². The number of halogens is 2. The van der Waals surface area contributed by atoms with Crippen molar-refractivity contribution in [2.75, 3.05) is 7.11 Å². The third kappa shape index (κ3) is 3.90. The van der Waals surface area contributed by atoms with Crippen LogP contribution in [0.5, 0.6) is 11.5 Å². The Kier molecular flexibility index (Phi) is 5.49. The highest BCUT2D eigenvalue weighted by molar-refractivity contribution is 9.08. The second kappa shape index (κ2) is 7.35. The molecule has 2 aromatic rings. The minimum absolute atomic E-state index is 0.284. The Hall–Kier alpha value is -1.70. The molecule has 0 aliphatic rings. The number of ether oxygens (including phenoxy) is 2. The minimum Gasteiger partial charge on any atom is -0.496 e. The Balaban J connectivity index is 2.18. The molecule has 21 heavy (non-hydrogen) atoms. The van der Waals surface area contributed by atoms with Gasteiger partial charge < -0.3 is 9.47 Å². The van der Waals surface area contributed by atoms with Crippen molar-refractivity contribution in [3.05, 3.63) is 58.1 Å². The molecule has 2 aromatic carbocycles. The summed E-state index contributed by atoms with van der Waals surface area (Å²) < 4.78 is 11.0. The summed E-state index contributed by atoms with van der Waals surface area (Å²) in [7, 11) is 1.59. The summed E-state index contributed by atoms with van der Waals surface area (Å²) in [5.41, 5.74) is 2.45. The van der Waals surface area contributed by atoms with E-state index in [9.17, 15) is 0 Å². The summed E-state index contributed by atoms with van der Waals surface area (Å²) in [6.45, 7) is 0.284. The highest BCUT2D eigenvalue weighted by atomic mass is 79.9. The lowest BCUT2D eigenvalue weighted by atomic mass is 10.1. The first-order valence-electron chi connectivity index (χ1n) is 6.22. The van der Waals surface area contributed by atoms with Crippen LogP contribution in [-0.4, -0.2) is 7.11 Å². The summed E-state index contributed by atoms with van der Waals surface area (Å²) in [6, 6.07) is 12.9. The first kappa shape index (κ1) is 15.7. The number of nitriles is 1. The molecule has 0 radical (unpaired) electrons. The quantitative estimate of drug-likeness (QED) is 0.721. The van der Waals surface area contributed by atoms with E-state index in [0.717, 1.165) is 16.5 Å². The number of alkyl halides is 1. The largest absolute Gasteiger partial charge is 0.496 e. The molecule has 0 heterocycles. The maximum Gasteiger partial charge on any atom is 0.138 e. The topological polar surface area (TPSA) is 42.2 Å². The lowest BCUT2D eigenvalue weighted by Gasteiger charge is -2.12. The van der Waals surface area contributed by atoms with Crippen LogP contribution in [0.2, 0.25) is 5.02 Å². The van der Waals surface area contributed by atoms with Crippen LogP contribution in [0.1, 0.15) is 16.7 Å². The van der Waals surface area contributed by atoms with E-state index in [2.05, 4.69) is 22.0 Å². The van der Waals surface area contributed by atoms with Gasteiger partial charge in [0.05, 0.1) is 23.8 Å². The smallest absolute Gasteiger partial charge is 0.138 e. The molecule has 0 amide bonds. The molecule has 0 spiro atoms. The monoisotopic (exact) mass is 365 g/mol. The van der Waals surface area contributed by atoms with E-state index in [1.165, 1.54) is 0 Å². The molecular weight excluding hydrogens is 354 g/mol. The van der Waals surface area contributed by atoms with Crippen LogP contribution in [0, 0.1) is 11.3 Å². The lowest BCUT2D eigenvalue weighted by Crippen LogP contribution is -2.00. The Bertz CT molecular complexity index is 682. The average Bonchev–Trinajstić information content (AvgIpc) is 2.53. The predicted molar refractivity (Wildman–Crippen MR) is 86.1 cm³/mol. The minimum atomic E-state index is 0.284. The SMILES string of the molecule is COc1ccc(C#N)cc1COc1ccc(CBr)cc1Cl. The second-order valence-corrected chi connectivity index (χ2v) is 5.29. The zero-order valence-electron chi connectivity index (χ0n) is 11.4. The molecule has 108 valence electrons. The van der Waals surface area contributed by atoms with E-state index < -0.39 is 0 Å². The van der Waals surface area contributed by atoms with Crippen molar-refractivity contribution < 1.29 is 9.47 Å². The van der Waals surface area contributed by atoms with Crippen LogP contribution in [-0.2, 0) is 11.9 Å². The van der Waals surface area contributed by atoms with Crippen molar-refractivity contribution in [2.24, 2.45) is 0 Å². The van der Waals surface area contributed by atoms with Crippen LogP contribution in [0.4, 0.5) is 0 Å². The van der Waals surface area contributed by atoms with Gasteiger partial charge in [0, 0.05) is 10.9 Å². The van der Waals surface area contributed by atoms with Crippen LogP contribution < -0.4 is 9.47 Å². The summed E-state index contributed by atoms with van der Waals surface area (Å²) in [4.78, 5) is 0. The number of benzene rings is 2. The Morgan fingerprint density at radius 1 is 1.19 bits per heavy atom. The molecule has 0 unspecified atom stereocenters. The zero-order valence-corrected chi connectivity index (χ0v) is 13.7. The Morgan fingerprint density at radius 3 is 2.57 bits per heavy atom. The van der Waals surface area contributed by atoms with Gasteiger partial charge in [-0.05, 0) is 35.9 Å². The fraction of sp³-hybridized carbons (Fsp3) is 0.188. The first-order chi connectivity index (χ1) is 10.2. The van der Waals surface area contributed by atoms with E-state index in [0.29, 0.717) is 22.1 Å². The van der Waals surface area contributed by atoms with Crippen LogP contribution in [0.3, 0.4) is 0 Å². The molecule has 0 saturated carbocycles. The maximum atomic E-state index is 8.96. The zero-order chi connectivity index (χ0) is 15.2. The molecule has 0 atom stereocenters. The van der Waals surface area contributed by atoms with Gasteiger partial charge in [0.2, 0.25) is 0 Å². The molecule has 0 aliphatic heterocycles. The normalized spacial score (nSPS) is 10.0. The third-order valence-electron chi connectivity index (χ3n) is 2.94. The summed E-state index contributed by atoms with van der Waals surface area (Å²) >= 11 is 9.56. The van der Waals surface area contributed by atoms with Gasteiger partial charge in [0.1, 0.15) is 18.1 Å². The van der Waals surface area contributed by atoms with Gasteiger partial charge in [0.15, 0.2) is 0 Å². The van der Waals surface area contributed by atoms with Crippen molar-refractivity contribution in [2.45, 2.75) is 11.9 Å². The summed E-state index contributed by atoms with van der Waals surface area (Å²) in [5, 5.41) is 10.3. The molecule has 0 bridgehead atoms. The van der Waals surface area contributed by atoms with E-state index in [4.69, 9.17) is 26.3 Å². The van der Waals surface area contributed by atoms with E-state index in [-0.39, 0.29) is 6.61 Å². The Labute approximate surface area is 137 Å². The Morgan fingerprint density at radius 2 is 1.95 bits per heavy atom. The molecule has 2 rings (SSSR count). The fourth-order valence-electron chi connectivity index (χ4n) is 1.86. The highest BCUT2D eigenvalue weighted by Gasteiger charge is 2.08. The van der Waals surface area contributed by atoms with Gasteiger partial charge in [-0.2, -0.15) is 5.26 Å². The van der Waals surface area contributed by atoms with Crippen LogP contribution >= 0.6 is 27.5 Å². The van der Waals surface area contributed by atoms with E-state index in [1.807, 2.05) is 18.2 Å². The molecule has 0 aromatic heterocycles. The number of hydrogen-bond donors (Lipinski definition) is 0. The number of hydrogen-bond acceptors (Lipinski definition) is 3.